The Bertz CT molecular complexity index is 510. The summed E-state index contributed by atoms with van der Waals surface area (Å²) < 4.78 is 24.9. The van der Waals surface area contributed by atoms with E-state index in [0.717, 1.165) is 11.9 Å². The van der Waals surface area contributed by atoms with Gasteiger partial charge < -0.3 is 5.32 Å². The Morgan fingerprint density at radius 3 is 2.50 bits per heavy atom. The number of halogens is 1. The van der Waals surface area contributed by atoms with E-state index in [4.69, 9.17) is 11.6 Å². The normalized spacial score (nSPS) is 12.5. The second-order valence-electron chi connectivity index (χ2n) is 4.78. The molecule has 0 atom stereocenters. The SMILES string of the molecule is Cc1cc(NCC(C)(C)NS(C)(=O)=O)nc(Cl)n1. The Balaban J connectivity index is 2.69. The Hall–Kier alpha value is -0.920. The summed E-state index contributed by atoms with van der Waals surface area (Å²) in [4.78, 5) is 7.94. The lowest BCUT2D eigenvalue weighted by molar-refractivity contribution is 0.476. The number of hydrogen-bond acceptors (Lipinski definition) is 5. The molecule has 0 saturated carbocycles. The molecule has 0 bridgehead atoms. The van der Waals surface area contributed by atoms with Crippen LogP contribution in [0.1, 0.15) is 19.5 Å². The van der Waals surface area contributed by atoms with Crippen LogP contribution in [-0.4, -0.2) is 36.7 Å². The van der Waals surface area contributed by atoms with Crippen LogP contribution in [0, 0.1) is 6.92 Å². The fourth-order valence-corrected chi connectivity index (χ4v) is 2.77. The van der Waals surface area contributed by atoms with E-state index >= 15 is 0 Å². The Kier molecular flexibility index (Phi) is 4.52. The summed E-state index contributed by atoms with van der Waals surface area (Å²) >= 11 is 5.73. The molecular formula is C10H17ClN4O2S. The number of anilines is 1. The summed E-state index contributed by atoms with van der Waals surface area (Å²) in [6.45, 7) is 5.74. The number of nitrogens with zero attached hydrogens (tertiary/aromatic N) is 2. The molecule has 18 heavy (non-hydrogen) atoms. The quantitative estimate of drug-likeness (QED) is 0.796. The van der Waals surface area contributed by atoms with E-state index in [1.165, 1.54) is 0 Å². The van der Waals surface area contributed by atoms with Gasteiger partial charge in [0.05, 0.1) is 6.26 Å². The van der Waals surface area contributed by atoms with Crippen molar-refractivity contribution >= 4 is 27.4 Å². The van der Waals surface area contributed by atoms with Crippen molar-refractivity contribution in [1.82, 2.24) is 14.7 Å². The van der Waals surface area contributed by atoms with Crippen molar-refractivity contribution < 1.29 is 8.42 Å². The molecule has 0 aliphatic rings. The monoisotopic (exact) mass is 292 g/mol. The van der Waals surface area contributed by atoms with Crippen LogP contribution in [0.3, 0.4) is 0 Å². The molecule has 0 saturated heterocycles. The van der Waals surface area contributed by atoms with E-state index in [-0.39, 0.29) is 5.28 Å². The van der Waals surface area contributed by atoms with Crippen LogP contribution < -0.4 is 10.0 Å². The summed E-state index contributed by atoms with van der Waals surface area (Å²) in [7, 11) is -3.25. The standard InChI is InChI=1S/C10H17ClN4O2S/c1-7-5-8(14-9(11)13-7)12-6-10(2,3)15-18(4,16)17/h5,15H,6H2,1-4H3,(H,12,13,14). The molecule has 0 amide bonds. The van der Waals surface area contributed by atoms with Crippen LogP contribution >= 0.6 is 11.6 Å². The molecule has 0 aliphatic carbocycles. The Labute approximate surface area is 112 Å². The topological polar surface area (TPSA) is 84.0 Å². The maximum atomic E-state index is 11.2. The molecular weight excluding hydrogens is 276 g/mol. The molecule has 1 aromatic rings. The predicted octanol–water partition coefficient (Wildman–Crippen LogP) is 1.18. The van der Waals surface area contributed by atoms with E-state index in [2.05, 4.69) is 20.0 Å². The molecule has 102 valence electrons. The third-order valence-electron chi connectivity index (χ3n) is 2.00. The first-order valence-electron chi connectivity index (χ1n) is 5.31. The molecule has 0 aliphatic heterocycles. The zero-order chi connectivity index (χ0) is 14.0. The lowest BCUT2D eigenvalue weighted by Crippen LogP contribution is -2.47. The molecule has 6 nitrogen and oxygen atoms in total. The van der Waals surface area contributed by atoms with Gasteiger partial charge in [0.25, 0.3) is 0 Å². The maximum absolute atomic E-state index is 11.2. The first kappa shape index (κ1) is 15.1. The number of aryl methyl sites for hydroxylation is 1. The highest BCUT2D eigenvalue weighted by Crippen LogP contribution is 2.11. The average molecular weight is 293 g/mol. The molecule has 0 fully saturated rings. The Morgan fingerprint density at radius 2 is 2.00 bits per heavy atom. The second kappa shape index (κ2) is 5.38. The average Bonchev–Trinajstić information content (AvgIpc) is 2.09. The van der Waals surface area contributed by atoms with E-state index in [9.17, 15) is 8.42 Å². The van der Waals surface area contributed by atoms with Crippen LogP contribution in [-0.2, 0) is 10.0 Å². The molecule has 0 unspecified atom stereocenters. The van der Waals surface area contributed by atoms with E-state index in [1.54, 1.807) is 26.8 Å². The number of hydrogen-bond donors (Lipinski definition) is 2. The van der Waals surface area contributed by atoms with Gasteiger partial charge in [0.15, 0.2) is 0 Å². The minimum Gasteiger partial charge on any atom is -0.368 e. The maximum Gasteiger partial charge on any atom is 0.224 e. The smallest absolute Gasteiger partial charge is 0.224 e. The summed E-state index contributed by atoms with van der Waals surface area (Å²) in [5.74, 6) is 0.566. The summed E-state index contributed by atoms with van der Waals surface area (Å²) in [5, 5.41) is 3.19. The number of aromatic nitrogens is 2. The van der Waals surface area contributed by atoms with Gasteiger partial charge in [-0.1, -0.05) is 0 Å². The molecule has 8 heteroatoms. The van der Waals surface area contributed by atoms with Gasteiger partial charge >= 0.3 is 0 Å². The van der Waals surface area contributed by atoms with Gasteiger partial charge in [0.2, 0.25) is 15.3 Å². The van der Waals surface area contributed by atoms with Crippen LogP contribution in [0.4, 0.5) is 5.82 Å². The third kappa shape index (κ3) is 5.61. The van der Waals surface area contributed by atoms with E-state index in [1.807, 2.05) is 0 Å². The van der Waals surface area contributed by atoms with Gasteiger partial charge in [-0.15, -0.1) is 0 Å². The summed E-state index contributed by atoms with van der Waals surface area (Å²) in [6, 6.07) is 1.74. The Morgan fingerprint density at radius 1 is 1.39 bits per heavy atom. The van der Waals surface area contributed by atoms with Crippen molar-refractivity contribution in [3.8, 4) is 0 Å². The van der Waals surface area contributed by atoms with Crippen molar-refractivity contribution in [3.63, 3.8) is 0 Å². The van der Waals surface area contributed by atoms with Crippen LogP contribution in [0.15, 0.2) is 6.07 Å². The first-order chi connectivity index (χ1) is 8.07. The number of sulfonamides is 1. The summed E-state index contributed by atoms with van der Waals surface area (Å²) in [6.07, 6.45) is 1.13. The van der Waals surface area contributed by atoms with Crippen molar-refractivity contribution in [2.24, 2.45) is 0 Å². The molecule has 2 N–H and O–H groups in total. The van der Waals surface area contributed by atoms with Crippen molar-refractivity contribution in [2.45, 2.75) is 26.3 Å². The van der Waals surface area contributed by atoms with Gasteiger partial charge in [0, 0.05) is 23.8 Å². The lowest BCUT2D eigenvalue weighted by atomic mass is 10.1. The van der Waals surface area contributed by atoms with E-state index in [0.29, 0.717) is 12.4 Å². The fourth-order valence-electron chi connectivity index (χ4n) is 1.47. The zero-order valence-corrected chi connectivity index (χ0v) is 12.4. The fraction of sp³-hybridized carbons (Fsp3) is 0.600. The first-order valence-corrected chi connectivity index (χ1v) is 7.58. The molecule has 1 heterocycles. The van der Waals surface area contributed by atoms with Crippen LogP contribution in [0.2, 0.25) is 5.28 Å². The van der Waals surface area contributed by atoms with Gasteiger partial charge in [-0.05, 0) is 32.4 Å². The number of rotatable bonds is 5. The minimum absolute atomic E-state index is 0.159. The zero-order valence-electron chi connectivity index (χ0n) is 10.8. The van der Waals surface area contributed by atoms with Crippen LogP contribution in [0.5, 0.6) is 0 Å². The highest BCUT2D eigenvalue weighted by molar-refractivity contribution is 7.88. The third-order valence-corrected chi connectivity index (χ3v) is 3.09. The largest absolute Gasteiger partial charge is 0.368 e. The minimum atomic E-state index is -3.25. The van der Waals surface area contributed by atoms with Crippen molar-refractivity contribution in [1.29, 1.82) is 0 Å². The van der Waals surface area contributed by atoms with Gasteiger partial charge in [-0.3, -0.25) is 0 Å². The lowest BCUT2D eigenvalue weighted by Gasteiger charge is -2.25. The van der Waals surface area contributed by atoms with Gasteiger partial charge in [-0.25, -0.2) is 23.1 Å². The van der Waals surface area contributed by atoms with E-state index < -0.39 is 15.6 Å². The second-order valence-corrected chi connectivity index (χ2v) is 6.86. The molecule has 1 aromatic heterocycles. The van der Waals surface area contributed by atoms with Crippen LogP contribution in [0.25, 0.3) is 0 Å². The highest BCUT2D eigenvalue weighted by atomic mass is 35.5. The van der Waals surface area contributed by atoms with Gasteiger partial charge in [0.1, 0.15) is 5.82 Å². The van der Waals surface area contributed by atoms with Gasteiger partial charge in [-0.2, -0.15) is 0 Å². The van der Waals surface area contributed by atoms with Crippen molar-refractivity contribution in [3.05, 3.63) is 17.0 Å². The molecule has 0 radical (unpaired) electrons. The predicted molar refractivity (Wildman–Crippen MR) is 72.3 cm³/mol. The molecule has 1 rings (SSSR count). The molecule has 0 aromatic carbocycles. The van der Waals surface area contributed by atoms with Crippen molar-refractivity contribution in [2.75, 3.05) is 18.1 Å². The highest BCUT2D eigenvalue weighted by Gasteiger charge is 2.22. The summed E-state index contributed by atoms with van der Waals surface area (Å²) in [5.41, 5.74) is 0.116. The molecule has 0 spiro atoms. The number of nitrogens with one attached hydrogen (secondary N) is 2.